The van der Waals surface area contributed by atoms with Gasteiger partial charge >= 0.3 is 23.9 Å². The Bertz CT molecular complexity index is 1470. The van der Waals surface area contributed by atoms with Crippen LogP contribution in [0.25, 0.3) is 0 Å². The van der Waals surface area contributed by atoms with Crippen LogP contribution in [0.1, 0.15) is 133 Å². The van der Waals surface area contributed by atoms with Crippen LogP contribution in [0.5, 0.6) is 5.75 Å². The zero-order chi connectivity index (χ0) is 44.8. The Labute approximate surface area is 350 Å². The first-order chi connectivity index (χ1) is 28.5. The number of ketones is 1. The van der Waals surface area contributed by atoms with Gasteiger partial charge in [-0.2, -0.15) is 0 Å². The molecule has 0 radical (unpaired) electrons. The van der Waals surface area contributed by atoms with E-state index in [4.69, 9.17) is 23.7 Å². The standard InChI is InChI=1S/C42H66O18/c1-25(18-15-13-11-9-7-5-4-6-8-10-12-14-16-20-29(47)22-28-19-17-21-30(48)33(28)40(53)54)56-41(55)38(57-26(2)45)36(51)34(49)31(23-43)59-42-39(58-27(3)46)37(52)35(50)32(24-44)60-42/h17,19,21,25,31-32,34-39,42-44,48-52H,4-16,18,20,22-24H2,1-3H3,(H,53,54)/t25-,31+,32-,34+,35+,36-,37+,38-,39+,42+/m0/s1. The third-order valence-electron chi connectivity index (χ3n) is 10.3. The van der Waals surface area contributed by atoms with Crippen molar-refractivity contribution in [3.63, 3.8) is 0 Å². The first-order valence-electron chi connectivity index (χ1n) is 20.9. The maximum absolute atomic E-state index is 13.1. The number of aliphatic hydroxyl groups is 6. The van der Waals surface area contributed by atoms with E-state index >= 15 is 0 Å². The molecule has 1 heterocycles. The van der Waals surface area contributed by atoms with E-state index in [1.807, 2.05) is 0 Å². The zero-order valence-corrected chi connectivity index (χ0v) is 34.9. The van der Waals surface area contributed by atoms with E-state index in [0.717, 1.165) is 97.3 Å². The summed E-state index contributed by atoms with van der Waals surface area (Å²) < 4.78 is 26.3. The number of benzene rings is 1. The Morgan fingerprint density at radius 3 is 1.85 bits per heavy atom. The minimum absolute atomic E-state index is 0.00603. The summed E-state index contributed by atoms with van der Waals surface area (Å²) in [5, 5.41) is 81.1. The number of carboxylic acids is 1. The predicted octanol–water partition coefficient (Wildman–Crippen LogP) is 2.39. The molecule has 0 amide bonds. The van der Waals surface area contributed by atoms with Crippen molar-refractivity contribution >= 4 is 29.7 Å². The van der Waals surface area contributed by atoms with E-state index in [1.165, 1.54) is 12.1 Å². The molecule has 0 bridgehead atoms. The lowest BCUT2D eigenvalue weighted by molar-refractivity contribution is -0.324. The lowest BCUT2D eigenvalue weighted by atomic mass is 9.98. The predicted molar refractivity (Wildman–Crippen MR) is 211 cm³/mol. The minimum Gasteiger partial charge on any atom is -0.507 e. The summed E-state index contributed by atoms with van der Waals surface area (Å²) in [5.41, 5.74) is 0.111. The van der Waals surface area contributed by atoms with Gasteiger partial charge in [-0.05, 0) is 37.8 Å². The average Bonchev–Trinajstić information content (AvgIpc) is 3.18. The highest BCUT2D eigenvalue weighted by Gasteiger charge is 2.49. The number of carboxylic acid groups (broad SMARTS) is 1. The number of hydrogen-bond acceptors (Lipinski definition) is 17. The molecule has 0 unspecified atom stereocenters. The van der Waals surface area contributed by atoms with Crippen molar-refractivity contribution in [3.8, 4) is 5.75 Å². The Morgan fingerprint density at radius 2 is 1.33 bits per heavy atom. The summed E-state index contributed by atoms with van der Waals surface area (Å²) in [6.45, 7) is 1.82. The van der Waals surface area contributed by atoms with Crippen LogP contribution in [-0.2, 0) is 49.3 Å². The van der Waals surface area contributed by atoms with Gasteiger partial charge in [-0.25, -0.2) is 9.59 Å². The number of Topliss-reactive ketones (excluding diaryl/α,β-unsaturated/α-hetero) is 1. The summed E-state index contributed by atoms with van der Waals surface area (Å²) in [4.78, 5) is 60.3. The van der Waals surface area contributed by atoms with E-state index in [2.05, 4.69) is 0 Å². The second-order valence-corrected chi connectivity index (χ2v) is 15.4. The van der Waals surface area contributed by atoms with Crippen molar-refractivity contribution in [1.29, 1.82) is 0 Å². The van der Waals surface area contributed by atoms with Crippen LogP contribution in [0, 0.1) is 0 Å². The molecule has 0 aromatic heterocycles. The Morgan fingerprint density at radius 1 is 0.767 bits per heavy atom. The largest absolute Gasteiger partial charge is 0.507 e. The molecule has 1 aliphatic rings. The van der Waals surface area contributed by atoms with Crippen LogP contribution in [-0.4, -0.2) is 145 Å². The quantitative estimate of drug-likeness (QED) is 0.0313. The molecule has 2 rings (SSSR count). The number of rotatable bonds is 30. The van der Waals surface area contributed by atoms with Crippen molar-refractivity contribution in [1.82, 2.24) is 0 Å². The lowest BCUT2D eigenvalue weighted by Crippen LogP contribution is -2.62. The van der Waals surface area contributed by atoms with E-state index in [9.17, 15) is 64.8 Å². The van der Waals surface area contributed by atoms with Gasteiger partial charge in [0, 0.05) is 26.7 Å². The molecule has 1 aromatic carbocycles. The van der Waals surface area contributed by atoms with E-state index in [-0.39, 0.29) is 23.5 Å². The summed E-state index contributed by atoms with van der Waals surface area (Å²) in [7, 11) is 0. The monoisotopic (exact) mass is 858 g/mol. The molecule has 8 N–H and O–H groups in total. The second kappa shape index (κ2) is 28.0. The van der Waals surface area contributed by atoms with Gasteiger partial charge in [0.2, 0.25) is 6.10 Å². The van der Waals surface area contributed by atoms with Crippen LogP contribution in [0.3, 0.4) is 0 Å². The molecule has 342 valence electrons. The fourth-order valence-electron chi connectivity index (χ4n) is 7.03. The molecule has 0 aliphatic carbocycles. The highest BCUT2D eigenvalue weighted by atomic mass is 16.7. The maximum Gasteiger partial charge on any atom is 0.350 e. The molecule has 60 heavy (non-hydrogen) atoms. The van der Waals surface area contributed by atoms with Crippen molar-refractivity contribution in [2.24, 2.45) is 0 Å². The minimum atomic E-state index is -2.19. The van der Waals surface area contributed by atoms with Crippen molar-refractivity contribution in [2.45, 2.75) is 185 Å². The topological polar surface area (TPSA) is 293 Å². The summed E-state index contributed by atoms with van der Waals surface area (Å²) in [6, 6.07) is 4.38. The molecule has 1 saturated heterocycles. The Hall–Kier alpha value is -3.75. The molecular weight excluding hydrogens is 792 g/mol. The molecular formula is C42H66O18. The number of phenols is 1. The van der Waals surface area contributed by atoms with Crippen LogP contribution < -0.4 is 0 Å². The molecule has 0 spiro atoms. The zero-order valence-electron chi connectivity index (χ0n) is 34.9. The first-order valence-corrected chi connectivity index (χ1v) is 20.9. The number of aliphatic hydroxyl groups excluding tert-OH is 6. The Balaban J connectivity index is 1.64. The highest BCUT2D eigenvalue weighted by Crippen LogP contribution is 2.27. The van der Waals surface area contributed by atoms with E-state index in [1.54, 1.807) is 13.0 Å². The number of carbonyl (C=O) groups excluding carboxylic acids is 4. The number of esters is 3. The van der Waals surface area contributed by atoms with E-state index < -0.39 is 98.3 Å². The first kappa shape index (κ1) is 52.4. The third kappa shape index (κ3) is 18.1. The van der Waals surface area contributed by atoms with Crippen molar-refractivity contribution < 1.29 is 88.5 Å². The van der Waals surface area contributed by atoms with E-state index in [0.29, 0.717) is 18.4 Å². The number of ether oxygens (including phenoxy) is 5. The van der Waals surface area contributed by atoms with Gasteiger partial charge in [0.25, 0.3) is 0 Å². The van der Waals surface area contributed by atoms with Crippen molar-refractivity contribution in [3.05, 3.63) is 29.3 Å². The van der Waals surface area contributed by atoms with Gasteiger partial charge in [-0.3, -0.25) is 14.4 Å². The van der Waals surface area contributed by atoms with Gasteiger partial charge < -0.3 is 64.5 Å². The number of hydrogen-bond donors (Lipinski definition) is 8. The smallest absolute Gasteiger partial charge is 0.350 e. The van der Waals surface area contributed by atoms with Gasteiger partial charge in [0.15, 0.2) is 12.4 Å². The SMILES string of the molecule is CC(=O)O[C@H]1[C@H](O[C@H](CO)[C@@H](O)[C@H](O)[C@H](OC(C)=O)C(=O)O[C@@H](C)CCCCCCCCCCCCCCCC(=O)Cc2cccc(O)c2C(=O)O)O[C@@H](CO)[C@@H](O)[C@H]1O. The van der Waals surface area contributed by atoms with Gasteiger partial charge in [0.1, 0.15) is 53.7 Å². The second-order valence-electron chi connectivity index (χ2n) is 15.4. The van der Waals surface area contributed by atoms with Crippen LogP contribution in [0.2, 0.25) is 0 Å². The highest BCUT2D eigenvalue weighted by molar-refractivity contribution is 5.94. The molecule has 1 aliphatic heterocycles. The third-order valence-corrected chi connectivity index (χ3v) is 10.3. The summed E-state index contributed by atoms with van der Waals surface area (Å²) in [6.07, 6.45) is -3.15. The summed E-state index contributed by atoms with van der Waals surface area (Å²) >= 11 is 0. The van der Waals surface area contributed by atoms with Crippen LogP contribution in [0.4, 0.5) is 0 Å². The number of aromatic hydroxyl groups is 1. The molecule has 18 heteroatoms. The number of aromatic carboxylic acids is 1. The van der Waals surface area contributed by atoms with Gasteiger partial charge in [-0.15, -0.1) is 0 Å². The lowest BCUT2D eigenvalue weighted by Gasteiger charge is -2.42. The fourth-order valence-corrected chi connectivity index (χ4v) is 7.03. The van der Waals surface area contributed by atoms with Gasteiger partial charge in [0.05, 0.1) is 19.3 Å². The maximum atomic E-state index is 13.1. The number of unbranched alkanes of at least 4 members (excludes halogenated alkanes) is 12. The summed E-state index contributed by atoms with van der Waals surface area (Å²) in [5.74, 6) is -4.66. The fraction of sp³-hybridized carbons (Fsp3) is 0.738. The molecule has 0 saturated carbocycles. The Kier molecular flexibility index (Phi) is 24.4. The molecule has 10 atom stereocenters. The molecule has 18 nitrogen and oxygen atoms in total. The van der Waals surface area contributed by atoms with Crippen molar-refractivity contribution in [2.75, 3.05) is 13.2 Å². The van der Waals surface area contributed by atoms with Crippen LogP contribution >= 0.6 is 0 Å². The molecule has 1 aromatic rings. The van der Waals surface area contributed by atoms with Crippen LogP contribution in [0.15, 0.2) is 18.2 Å². The normalized spacial score (nSPS) is 21.6. The molecule has 1 fully saturated rings. The number of carbonyl (C=O) groups is 5. The van der Waals surface area contributed by atoms with Gasteiger partial charge in [-0.1, -0.05) is 82.8 Å². The average molecular weight is 859 g/mol.